The SMILES string of the molecule is CCCCCC/C=C\C/C=C\CCCCCCCCOCC(COC1OC(CO)C(O)C(O)C1O)OC(=O)CCCCCCCCCCCCC/C=C\C/C=C\CCCCCCC. The summed E-state index contributed by atoms with van der Waals surface area (Å²) in [6.07, 6.45) is 50.0. The minimum Gasteiger partial charge on any atom is -0.457 e. The Morgan fingerprint density at radius 1 is 0.508 bits per heavy atom. The lowest BCUT2D eigenvalue weighted by Crippen LogP contribution is -2.59. The van der Waals surface area contributed by atoms with Crippen LogP contribution in [-0.2, 0) is 23.7 Å². The Bertz CT molecular complexity index is 1100. The predicted molar refractivity (Wildman–Crippen MR) is 261 cm³/mol. The highest BCUT2D eigenvalue weighted by Crippen LogP contribution is 2.23. The van der Waals surface area contributed by atoms with Crippen LogP contribution in [0, 0.1) is 0 Å². The van der Waals surface area contributed by atoms with Crippen LogP contribution < -0.4 is 0 Å². The van der Waals surface area contributed by atoms with E-state index in [0.717, 1.165) is 57.8 Å². The van der Waals surface area contributed by atoms with Crippen LogP contribution in [0.15, 0.2) is 48.6 Å². The van der Waals surface area contributed by atoms with Gasteiger partial charge in [-0.15, -0.1) is 0 Å². The molecular formula is C54H98O9. The van der Waals surface area contributed by atoms with Gasteiger partial charge in [0.05, 0.1) is 19.8 Å². The highest BCUT2D eigenvalue weighted by Gasteiger charge is 2.44. The van der Waals surface area contributed by atoms with Crippen LogP contribution in [0.4, 0.5) is 0 Å². The second kappa shape index (κ2) is 45.3. The van der Waals surface area contributed by atoms with Gasteiger partial charge in [0.2, 0.25) is 0 Å². The van der Waals surface area contributed by atoms with Crippen LogP contribution >= 0.6 is 0 Å². The van der Waals surface area contributed by atoms with E-state index in [0.29, 0.717) is 13.0 Å². The Morgan fingerprint density at radius 3 is 1.38 bits per heavy atom. The van der Waals surface area contributed by atoms with E-state index in [9.17, 15) is 25.2 Å². The molecule has 0 bridgehead atoms. The number of aliphatic hydroxyl groups excluding tert-OH is 4. The summed E-state index contributed by atoms with van der Waals surface area (Å²) in [6.45, 7) is 4.53. The molecule has 0 aromatic heterocycles. The summed E-state index contributed by atoms with van der Waals surface area (Å²) in [4.78, 5) is 12.8. The highest BCUT2D eigenvalue weighted by molar-refractivity contribution is 5.69. The van der Waals surface area contributed by atoms with Crippen molar-refractivity contribution in [3.63, 3.8) is 0 Å². The van der Waals surface area contributed by atoms with Gasteiger partial charge >= 0.3 is 5.97 Å². The summed E-state index contributed by atoms with van der Waals surface area (Å²) in [7, 11) is 0. The Kier molecular flexibility index (Phi) is 42.6. The van der Waals surface area contributed by atoms with Crippen molar-refractivity contribution in [3.8, 4) is 0 Å². The maximum atomic E-state index is 12.8. The standard InChI is InChI=1S/C54H98O9/c1-3-5-7-9-11-13-15-17-19-21-22-23-24-25-26-27-29-31-33-35-37-39-41-43-50(56)62-48(47-61-54-53(59)52(58)51(57)49(45-55)63-54)46-60-44-42-40-38-36-34-32-30-28-20-18-16-14-12-10-8-6-4-2/h14-17,20-22,28,48-49,51-55,57-59H,3-13,18-19,23-27,29-47H2,1-2H3/b16-14-,17-15-,22-21-,28-20-. The number of rotatable bonds is 45. The minimum absolute atomic E-state index is 0.119. The Hall–Kier alpha value is -1.85. The number of carbonyl (C=O) groups excluding carboxylic acids is 1. The molecule has 0 radical (unpaired) electrons. The minimum atomic E-state index is -1.54. The van der Waals surface area contributed by atoms with E-state index in [4.69, 9.17) is 18.9 Å². The van der Waals surface area contributed by atoms with Gasteiger partial charge < -0.3 is 39.4 Å². The second-order valence-electron chi connectivity index (χ2n) is 18.0. The molecule has 0 amide bonds. The molecule has 368 valence electrons. The molecule has 0 saturated carbocycles. The number of carbonyl (C=O) groups is 1. The van der Waals surface area contributed by atoms with Gasteiger partial charge in [0, 0.05) is 13.0 Å². The topological polar surface area (TPSA) is 135 Å². The molecule has 0 aliphatic carbocycles. The molecule has 1 rings (SSSR count). The Morgan fingerprint density at radius 2 is 0.921 bits per heavy atom. The molecule has 6 unspecified atom stereocenters. The van der Waals surface area contributed by atoms with E-state index < -0.39 is 43.4 Å². The van der Waals surface area contributed by atoms with Crippen molar-refractivity contribution in [1.29, 1.82) is 0 Å². The van der Waals surface area contributed by atoms with Crippen LogP contribution in [0.5, 0.6) is 0 Å². The predicted octanol–water partition coefficient (Wildman–Crippen LogP) is 12.9. The third-order valence-corrected chi connectivity index (χ3v) is 12.0. The van der Waals surface area contributed by atoms with Crippen LogP contribution in [0.25, 0.3) is 0 Å². The number of hydrogen-bond donors (Lipinski definition) is 4. The van der Waals surface area contributed by atoms with Crippen LogP contribution in [-0.4, -0.2) is 89.6 Å². The maximum Gasteiger partial charge on any atom is 0.306 e. The maximum absolute atomic E-state index is 12.8. The highest BCUT2D eigenvalue weighted by atomic mass is 16.7. The first-order valence-electron chi connectivity index (χ1n) is 26.2. The lowest BCUT2D eigenvalue weighted by molar-refractivity contribution is -0.305. The van der Waals surface area contributed by atoms with Gasteiger partial charge in [-0.3, -0.25) is 4.79 Å². The van der Waals surface area contributed by atoms with Gasteiger partial charge in [-0.2, -0.15) is 0 Å². The van der Waals surface area contributed by atoms with Crippen LogP contribution in [0.2, 0.25) is 0 Å². The second-order valence-corrected chi connectivity index (χ2v) is 18.0. The van der Waals surface area contributed by atoms with E-state index in [1.54, 1.807) is 0 Å². The molecular weight excluding hydrogens is 793 g/mol. The molecule has 0 spiro atoms. The smallest absolute Gasteiger partial charge is 0.306 e. The normalized spacial score (nSPS) is 20.0. The zero-order valence-electron chi connectivity index (χ0n) is 40.6. The molecule has 9 heteroatoms. The molecule has 1 heterocycles. The molecule has 1 aliphatic heterocycles. The van der Waals surface area contributed by atoms with E-state index in [2.05, 4.69) is 62.5 Å². The summed E-state index contributed by atoms with van der Waals surface area (Å²) < 4.78 is 22.9. The number of hydrogen-bond acceptors (Lipinski definition) is 9. The zero-order chi connectivity index (χ0) is 45.7. The summed E-state index contributed by atoms with van der Waals surface area (Å²) in [5.74, 6) is -0.319. The van der Waals surface area contributed by atoms with Crippen molar-refractivity contribution in [3.05, 3.63) is 48.6 Å². The van der Waals surface area contributed by atoms with E-state index in [-0.39, 0.29) is 19.2 Å². The fourth-order valence-electron chi connectivity index (χ4n) is 7.85. The van der Waals surface area contributed by atoms with Gasteiger partial charge in [-0.25, -0.2) is 0 Å². The Labute approximate surface area is 386 Å². The van der Waals surface area contributed by atoms with E-state index in [1.165, 1.54) is 148 Å². The largest absolute Gasteiger partial charge is 0.457 e. The van der Waals surface area contributed by atoms with Gasteiger partial charge in [-0.05, 0) is 77.0 Å². The third kappa shape index (κ3) is 36.0. The van der Waals surface area contributed by atoms with Crippen molar-refractivity contribution in [2.75, 3.05) is 26.4 Å². The van der Waals surface area contributed by atoms with E-state index in [1.807, 2.05) is 0 Å². The Balaban J connectivity index is 2.20. The first kappa shape index (κ1) is 59.2. The summed E-state index contributed by atoms with van der Waals surface area (Å²) in [6, 6.07) is 0. The number of unbranched alkanes of at least 4 members (excludes halogenated alkanes) is 26. The average molecular weight is 891 g/mol. The van der Waals surface area contributed by atoms with Crippen molar-refractivity contribution < 1.29 is 44.2 Å². The van der Waals surface area contributed by atoms with Crippen LogP contribution in [0.1, 0.15) is 226 Å². The monoisotopic (exact) mass is 891 g/mol. The first-order chi connectivity index (χ1) is 30.9. The number of allylic oxidation sites excluding steroid dienone is 8. The summed E-state index contributed by atoms with van der Waals surface area (Å²) >= 11 is 0. The molecule has 4 N–H and O–H groups in total. The third-order valence-electron chi connectivity index (χ3n) is 12.0. The van der Waals surface area contributed by atoms with Gasteiger partial charge in [0.25, 0.3) is 0 Å². The van der Waals surface area contributed by atoms with Crippen molar-refractivity contribution in [1.82, 2.24) is 0 Å². The van der Waals surface area contributed by atoms with Crippen molar-refractivity contribution in [2.24, 2.45) is 0 Å². The fourth-order valence-corrected chi connectivity index (χ4v) is 7.85. The molecule has 9 nitrogen and oxygen atoms in total. The van der Waals surface area contributed by atoms with Gasteiger partial charge in [0.15, 0.2) is 6.29 Å². The first-order valence-corrected chi connectivity index (χ1v) is 26.2. The number of ether oxygens (including phenoxy) is 4. The number of esters is 1. The fraction of sp³-hybridized carbons (Fsp3) is 0.833. The summed E-state index contributed by atoms with van der Waals surface area (Å²) in [5, 5.41) is 40.2. The summed E-state index contributed by atoms with van der Waals surface area (Å²) in [5.41, 5.74) is 0. The van der Waals surface area contributed by atoms with Crippen molar-refractivity contribution >= 4 is 5.97 Å². The molecule has 1 saturated heterocycles. The van der Waals surface area contributed by atoms with Crippen molar-refractivity contribution in [2.45, 2.75) is 263 Å². The lowest BCUT2D eigenvalue weighted by atomic mass is 9.99. The van der Waals surface area contributed by atoms with Crippen LogP contribution in [0.3, 0.4) is 0 Å². The van der Waals surface area contributed by atoms with Gasteiger partial charge in [0.1, 0.15) is 30.5 Å². The van der Waals surface area contributed by atoms with Gasteiger partial charge in [-0.1, -0.05) is 191 Å². The molecule has 1 fully saturated rings. The quantitative estimate of drug-likeness (QED) is 0.0268. The lowest BCUT2D eigenvalue weighted by Gasteiger charge is -2.39. The zero-order valence-corrected chi connectivity index (χ0v) is 40.6. The molecule has 0 aromatic carbocycles. The molecule has 6 atom stereocenters. The van der Waals surface area contributed by atoms with E-state index >= 15 is 0 Å². The molecule has 63 heavy (non-hydrogen) atoms. The number of aliphatic hydroxyl groups is 4. The molecule has 1 aliphatic rings. The molecule has 0 aromatic rings. The average Bonchev–Trinajstić information content (AvgIpc) is 3.28.